The maximum atomic E-state index is 12.5. The molecule has 1 N–H and O–H groups in total. The normalized spacial score (nSPS) is 10.8. The van der Waals surface area contributed by atoms with Crippen molar-refractivity contribution in [1.29, 1.82) is 5.26 Å². The quantitative estimate of drug-likeness (QED) is 0.901. The van der Waals surface area contributed by atoms with Gasteiger partial charge in [-0.3, -0.25) is 4.79 Å². The third kappa shape index (κ3) is 3.13. The minimum atomic E-state index is -4.60. The number of hydrogen-bond acceptors (Lipinski definition) is 3. The van der Waals surface area contributed by atoms with E-state index in [4.69, 9.17) is 10.4 Å². The highest BCUT2D eigenvalue weighted by molar-refractivity contribution is 5.73. The van der Waals surface area contributed by atoms with Gasteiger partial charge in [-0.15, -0.1) is 0 Å². The fraction of sp³-hybridized carbons (Fsp3) is 0.273. The maximum absolute atomic E-state index is 12.5. The highest BCUT2D eigenvalue weighted by Gasteiger charge is 2.33. The molecule has 0 amide bonds. The average Bonchev–Trinajstić information content (AvgIpc) is 2.26. The highest BCUT2D eigenvalue weighted by atomic mass is 19.4. The van der Waals surface area contributed by atoms with Crippen molar-refractivity contribution >= 4 is 11.7 Å². The minimum Gasteiger partial charge on any atom is -0.480 e. The number of benzene rings is 1. The van der Waals surface area contributed by atoms with Crippen LogP contribution in [0, 0.1) is 11.3 Å². The van der Waals surface area contributed by atoms with E-state index >= 15 is 0 Å². The molecule has 1 rings (SSSR count). The molecule has 0 aromatic heterocycles. The van der Waals surface area contributed by atoms with E-state index in [2.05, 4.69) is 0 Å². The number of aliphatic carboxylic acids is 1. The summed E-state index contributed by atoms with van der Waals surface area (Å²) in [7, 11) is 1.41. The Balaban J connectivity index is 3.15. The Morgan fingerprint density at radius 3 is 2.56 bits per heavy atom. The van der Waals surface area contributed by atoms with Crippen molar-refractivity contribution < 1.29 is 23.1 Å². The molecule has 1 aromatic rings. The first-order chi connectivity index (χ1) is 8.25. The number of rotatable bonds is 3. The second-order valence-electron chi connectivity index (χ2n) is 3.59. The Bertz CT molecular complexity index is 506. The van der Waals surface area contributed by atoms with Crippen molar-refractivity contribution in [2.75, 3.05) is 18.5 Å². The molecule has 0 spiro atoms. The lowest BCUT2D eigenvalue weighted by Crippen LogP contribution is -2.25. The van der Waals surface area contributed by atoms with Crippen molar-refractivity contribution in [3.63, 3.8) is 0 Å². The summed E-state index contributed by atoms with van der Waals surface area (Å²) in [6, 6.07) is 4.38. The summed E-state index contributed by atoms with van der Waals surface area (Å²) in [5, 5.41) is 17.3. The van der Waals surface area contributed by atoms with Crippen LogP contribution in [0.1, 0.15) is 11.1 Å². The monoisotopic (exact) mass is 258 g/mol. The molecule has 0 heterocycles. The van der Waals surface area contributed by atoms with Crippen molar-refractivity contribution in [3.05, 3.63) is 29.3 Å². The third-order valence-corrected chi connectivity index (χ3v) is 2.24. The fourth-order valence-corrected chi connectivity index (χ4v) is 1.40. The molecule has 7 heteroatoms. The Labute approximate surface area is 101 Å². The molecule has 0 bridgehead atoms. The van der Waals surface area contributed by atoms with Gasteiger partial charge in [0.2, 0.25) is 0 Å². The summed E-state index contributed by atoms with van der Waals surface area (Å²) in [4.78, 5) is 11.7. The smallest absolute Gasteiger partial charge is 0.417 e. The lowest BCUT2D eigenvalue weighted by molar-refractivity contribution is -0.138. The molecular weight excluding hydrogens is 249 g/mol. The Morgan fingerprint density at radius 2 is 2.11 bits per heavy atom. The summed E-state index contributed by atoms with van der Waals surface area (Å²) in [6.07, 6.45) is -4.60. The predicted molar refractivity (Wildman–Crippen MR) is 57.1 cm³/mol. The van der Waals surface area contributed by atoms with E-state index in [-0.39, 0.29) is 12.2 Å². The van der Waals surface area contributed by atoms with Gasteiger partial charge in [0.25, 0.3) is 0 Å². The van der Waals surface area contributed by atoms with E-state index in [1.165, 1.54) is 18.0 Å². The van der Waals surface area contributed by atoms with Crippen LogP contribution in [-0.2, 0) is 11.0 Å². The molecular formula is C11H9F3N2O2. The van der Waals surface area contributed by atoms with E-state index in [9.17, 15) is 18.0 Å². The topological polar surface area (TPSA) is 64.3 Å². The molecule has 0 aliphatic carbocycles. The summed E-state index contributed by atoms with van der Waals surface area (Å²) >= 11 is 0. The number of nitriles is 1. The van der Waals surface area contributed by atoms with Gasteiger partial charge in [-0.1, -0.05) is 0 Å². The van der Waals surface area contributed by atoms with Gasteiger partial charge >= 0.3 is 12.1 Å². The van der Waals surface area contributed by atoms with E-state index in [1.807, 2.05) is 0 Å². The Hall–Kier alpha value is -2.23. The predicted octanol–water partition coefficient (Wildman–Crippen LogP) is 2.10. The van der Waals surface area contributed by atoms with Gasteiger partial charge in [0.15, 0.2) is 0 Å². The zero-order chi connectivity index (χ0) is 13.9. The number of anilines is 1. The number of carboxylic acid groups (broad SMARTS) is 1. The molecule has 96 valence electrons. The molecule has 18 heavy (non-hydrogen) atoms. The largest absolute Gasteiger partial charge is 0.480 e. The van der Waals surface area contributed by atoms with Crippen LogP contribution in [-0.4, -0.2) is 24.7 Å². The third-order valence-electron chi connectivity index (χ3n) is 2.24. The van der Waals surface area contributed by atoms with Gasteiger partial charge in [-0.2, -0.15) is 18.4 Å². The van der Waals surface area contributed by atoms with Gasteiger partial charge < -0.3 is 10.0 Å². The summed E-state index contributed by atoms with van der Waals surface area (Å²) in [5.74, 6) is -1.11. The molecule has 0 saturated heterocycles. The first-order valence-corrected chi connectivity index (χ1v) is 4.80. The number of likely N-dealkylation sites (N-methyl/N-ethyl adjacent to an activating group) is 1. The Kier molecular flexibility index (Phi) is 3.81. The molecule has 0 unspecified atom stereocenters. The number of alkyl halides is 3. The van der Waals surface area contributed by atoms with Crippen LogP contribution in [0.3, 0.4) is 0 Å². The van der Waals surface area contributed by atoms with E-state index in [0.717, 1.165) is 18.2 Å². The fourth-order valence-electron chi connectivity index (χ4n) is 1.40. The van der Waals surface area contributed by atoms with Crippen LogP contribution in [0.5, 0.6) is 0 Å². The van der Waals surface area contributed by atoms with Crippen LogP contribution in [0.2, 0.25) is 0 Å². The van der Waals surface area contributed by atoms with Gasteiger partial charge in [0, 0.05) is 12.7 Å². The molecule has 0 saturated carbocycles. The lowest BCUT2D eigenvalue weighted by atomic mass is 10.1. The van der Waals surface area contributed by atoms with Crippen molar-refractivity contribution in [1.82, 2.24) is 0 Å². The van der Waals surface area contributed by atoms with Gasteiger partial charge in [0.05, 0.1) is 17.2 Å². The molecule has 0 aliphatic heterocycles. The standard InChI is InChI=1S/C11H9F3N2O2/c1-16(6-10(17)18)8-2-3-9(11(12,13)14)7(4-8)5-15/h2-4H,6H2,1H3,(H,17,18). The van der Waals surface area contributed by atoms with Crippen LogP contribution < -0.4 is 4.90 Å². The molecule has 1 aromatic carbocycles. The molecule has 0 atom stereocenters. The maximum Gasteiger partial charge on any atom is 0.417 e. The highest BCUT2D eigenvalue weighted by Crippen LogP contribution is 2.33. The number of carbonyl (C=O) groups is 1. The lowest BCUT2D eigenvalue weighted by Gasteiger charge is -2.18. The van der Waals surface area contributed by atoms with Crippen molar-refractivity contribution in [2.24, 2.45) is 0 Å². The zero-order valence-electron chi connectivity index (χ0n) is 9.32. The zero-order valence-corrected chi connectivity index (χ0v) is 9.32. The summed E-state index contributed by atoms with van der Waals surface area (Å²) in [6.45, 7) is -0.365. The number of nitrogens with zero attached hydrogens (tertiary/aromatic N) is 2. The van der Waals surface area contributed by atoms with Gasteiger partial charge in [0.1, 0.15) is 6.54 Å². The Morgan fingerprint density at radius 1 is 1.50 bits per heavy atom. The van der Waals surface area contributed by atoms with Gasteiger partial charge in [-0.25, -0.2) is 0 Å². The van der Waals surface area contributed by atoms with E-state index < -0.39 is 23.3 Å². The molecule has 0 fully saturated rings. The number of hydrogen-bond donors (Lipinski definition) is 1. The van der Waals surface area contributed by atoms with E-state index in [0.29, 0.717) is 0 Å². The van der Waals surface area contributed by atoms with Crippen LogP contribution >= 0.6 is 0 Å². The first kappa shape index (κ1) is 13.8. The minimum absolute atomic E-state index is 0.238. The molecule has 0 radical (unpaired) electrons. The SMILES string of the molecule is CN(CC(=O)O)c1ccc(C(F)(F)F)c(C#N)c1. The average molecular weight is 258 g/mol. The number of halogens is 3. The van der Waals surface area contributed by atoms with Crippen molar-refractivity contribution in [3.8, 4) is 6.07 Å². The van der Waals surface area contributed by atoms with Gasteiger partial charge in [-0.05, 0) is 18.2 Å². The molecule has 4 nitrogen and oxygen atoms in total. The number of carboxylic acids is 1. The molecule has 0 aliphatic rings. The first-order valence-electron chi connectivity index (χ1n) is 4.80. The van der Waals surface area contributed by atoms with Crippen LogP contribution in [0.25, 0.3) is 0 Å². The summed E-state index contributed by atoms with van der Waals surface area (Å²) < 4.78 is 37.6. The second kappa shape index (κ2) is 4.96. The van der Waals surface area contributed by atoms with Crippen LogP contribution in [0.15, 0.2) is 18.2 Å². The van der Waals surface area contributed by atoms with E-state index in [1.54, 1.807) is 0 Å². The second-order valence-corrected chi connectivity index (χ2v) is 3.59. The van der Waals surface area contributed by atoms with Crippen LogP contribution in [0.4, 0.5) is 18.9 Å². The van der Waals surface area contributed by atoms with Crippen molar-refractivity contribution in [2.45, 2.75) is 6.18 Å². The summed E-state index contributed by atoms with van der Waals surface area (Å²) in [5.41, 5.74) is -1.32.